The maximum absolute atomic E-state index is 8.49. The minimum absolute atomic E-state index is 0.374. The smallest absolute Gasteiger partial charge is 0.137 e. The number of nitrogens with zero attached hydrogens (tertiary/aromatic N) is 2. The number of hydrogen-bond donors (Lipinski definition) is 0. The zero-order chi connectivity index (χ0) is 8.39. The van der Waals surface area contributed by atoms with E-state index in [4.69, 9.17) is 9.68 Å². The molecular weight excluding hydrogens is 152 g/mol. The first-order valence-electron chi connectivity index (χ1n) is 3.59. The minimum atomic E-state index is 0.374. The number of pyridine rings is 1. The monoisotopic (exact) mass is 158 g/mol. The van der Waals surface area contributed by atoms with Crippen molar-refractivity contribution in [2.45, 2.75) is 6.42 Å². The van der Waals surface area contributed by atoms with Gasteiger partial charge >= 0.3 is 0 Å². The maximum atomic E-state index is 8.49. The van der Waals surface area contributed by atoms with E-state index in [0.717, 1.165) is 16.5 Å². The number of fused-ring (bicyclic) bond motifs is 1. The molecule has 0 aliphatic heterocycles. The summed E-state index contributed by atoms with van der Waals surface area (Å²) in [6, 6.07) is 3.86. The van der Waals surface area contributed by atoms with Crippen molar-refractivity contribution < 1.29 is 4.42 Å². The zero-order valence-electron chi connectivity index (χ0n) is 6.32. The fraction of sp³-hybridized carbons (Fsp3) is 0.111. The third kappa shape index (κ3) is 0.940. The normalized spacial score (nSPS) is 9.92. The highest BCUT2D eigenvalue weighted by atomic mass is 16.3. The van der Waals surface area contributed by atoms with Crippen LogP contribution in [0.3, 0.4) is 0 Å². The van der Waals surface area contributed by atoms with Gasteiger partial charge in [-0.25, -0.2) is 0 Å². The van der Waals surface area contributed by atoms with Crippen molar-refractivity contribution in [1.82, 2.24) is 4.98 Å². The minimum Gasteiger partial charge on any atom is -0.464 e. The molecule has 0 atom stereocenters. The van der Waals surface area contributed by atoms with E-state index in [-0.39, 0.29) is 0 Å². The van der Waals surface area contributed by atoms with Crippen LogP contribution in [0.25, 0.3) is 11.0 Å². The molecule has 0 amide bonds. The van der Waals surface area contributed by atoms with Crippen molar-refractivity contribution >= 4 is 11.0 Å². The quantitative estimate of drug-likeness (QED) is 0.636. The summed E-state index contributed by atoms with van der Waals surface area (Å²) in [5.74, 6) is 0. The molecule has 2 rings (SSSR count). The molecule has 0 aromatic carbocycles. The SMILES string of the molecule is N#CCc1coc2ccncc12. The predicted octanol–water partition coefficient (Wildman–Crippen LogP) is 1.89. The van der Waals surface area contributed by atoms with Crippen molar-refractivity contribution in [2.75, 3.05) is 0 Å². The van der Waals surface area contributed by atoms with Gasteiger partial charge in [-0.15, -0.1) is 0 Å². The van der Waals surface area contributed by atoms with Crippen LogP contribution in [0.4, 0.5) is 0 Å². The van der Waals surface area contributed by atoms with Gasteiger partial charge in [-0.3, -0.25) is 4.98 Å². The highest BCUT2D eigenvalue weighted by Gasteiger charge is 2.03. The Morgan fingerprint density at radius 1 is 1.58 bits per heavy atom. The summed E-state index contributed by atoms with van der Waals surface area (Å²) in [6.45, 7) is 0. The molecule has 0 fully saturated rings. The summed E-state index contributed by atoms with van der Waals surface area (Å²) in [6.07, 6.45) is 5.36. The van der Waals surface area contributed by atoms with Crippen LogP contribution >= 0.6 is 0 Å². The molecule has 3 heteroatoms. The third-order valence-electron chi connectivity index (χ3n) is 1.72. The first-order valence-corrected chi connectivity index (χ1v) is 3.59. The molecule has 58 valence electrons. The number of furan rings is 1. The highest BCUT2D eigenvalue weighted by Crippen LogP contribution is 2.19. The Bertz CT molecular complexity index is 439. The van der Waals surface area contributed by atoms with Crippen molar-refractivity contribution in [1.29, 1.82) is 5.26 Å². The van der Waals surface area contributed by atoms with Crippen LogP contribution in [0.1, 0.15) is 5.56 Å². The summed E-state index contributed by atoms with van der Waals surface area (Å²) in [4.78, 5) is 3.96. The van der Waals surface area contributed by atoms with Crippen LogP contribution < -0.4 is 0 Å². The van der Waals surface area contributed by atoms with E-state index >= 15 is 0 Å². The van der Waals surface area contributed by atoms with E-state index in [1.165, 1.54) is 0 Å². The lowest BCUT2D eigenvalue weighted by Gasteiger charge is -1.86. The van der Waals surface area contributed by atoms with Crippen LogP contribution in [-0.4, -0.2) is 4.98 Å². The Labute approximate surface area is 69.2 Å². The lowest BCUT2D eigenvalue weighted by atomic mass is 10.2. The first-order chi connectivity index (χ1) is 5.92. The summed E-state index contributed by atoms with van der Waals surface area (Å²) in [5, 5.41) is 9.42. The van der Waals surface area contributed by atoms with Gasteiger partial charge in [-0.05, 0) is 6.07 Å². The molecule has 3 nitrogen and oxygen atoms in total. The molecule has 0 bridgehead atoms. The largest absolute Gasteiger partial charge is 0.464 e. The van der Waals surface area contributed by atoms with Crippen LogP contribution in [0, 0.1) is 11.3 Å². The Balaban J connectivity index is 2.64. The van der Waals surface area contributed by atoms with Gasteiger partial charge in [0.2, 0.25) is 0 Å². The molecule has 0 unspecified atom stereocenters. The molecule has 0 spiro atoms. The first kappa shape index (κ1) is 6.86. The lowest BCUT2D eigenvalue weighted by molar-refractivity contribution is 0.612. The van der Waals surface area contributed by atoms with Gasteiger partial charge < -0.3 is 4.42 Å². The molecule has 0 aliphatic carbocycles. The van der Waals surface area contributed by atoms with E-state index in [1.54, 1.807) is 24.7 Å². The summed E-state index contributed by atoms with van der Waals surface area (Å²) < 4.78 is 5.21. The van der Waals surface area contributed by atoms with E-state index in [0.29, 0.717) is 6.42 Å². The van der Waals surface area contributed by atoms with Gasteiger partial charge in [0.1, 0.15) is 5.58 Å². The lowest BCUT2D eigenvalue weighted by Crippen LogP contribution is -1.77. The zero-order valence-corrected chi connectivity index (χ0v) is 6.32. The Morgan fingerprint density at radius 2 is 2.50 bits per heavy atom. The number of hydrogen-bond acceptors (Lipinski definition) is 3. The molecule has 2 aromatic rings. The molecule has 2 aromatic heterocycles. The molecule has 0 saturated carbocycles. The van der Waals surface area contributed by atoms with Gasteiger partial charge in [0.25, 0.3) is 0 Å². The summed E-state index contributed by atoms with van der Waals surface area (Å²) in [5.41, 5.74) is 1.69. The molecule has 0 N–H and O–H groups in total. The van der Waals surface area contributed by atoms with Gasteiger partial charge in [-0.2, -0.15) is 5.26 Å². The van der Waals surface area contributed by atoms with Gasteiger partial charge in [0, 0.05) is 23.3 Å². The molecular formula is C9H6N2O. The Hall–Kier alpha value is -1.82. The average Bonchev–Trinajstić information content (AvgIpc) is 2.50. The molecule has 0 radical (unpaired) electrons. The summed E-state index contributed by atoms with van der Waals surface area (Å²) >= 11 is 0. The van der Waals surface area contributed by atoms with Crippen molar-refractivity contribution in [3.05, 3.63) is 30.3 Å². The van der Waals surface area contributed by atoms with Crippen LogP contribution in [0.2, 0.25) is 0 Å². The molecule has 0 saturated heterocycles. The maximum Gasteiger partial charge on any atom is 0.137 e. The van der Waals surface area contributed by atoms with Gasteiger partial charge in [0.05, 0.1) is 18.8 Å². The highest BCUT2D eigenvalue weighted by molar-refractivity contribution is 5.79. The molecule has 12 heavy (non-hydrogen) atoms. The van der Waals surface area contributed by atoms with E-state index in [9.17, 15) is 0 Å². The van der Waals surface area contributed by atoms with Gasteiger partial charge in [-0.1, -0.05) is 0 Å². The van der Waals surface area contributed by atoms with Crippen LogP contribution in [0.5, 0.6) is 0 Å². The van der Waals surface area contributed by atoms with Crippen molar-refractivity contribution in [3.63, 3.8) is 0 Å². The average molecular weight is 158 g/mol. The predicted molar refractivity (Wildman–Crippen MR) is 43.3 cm³/mol. The number of nitriles is 1. The Kier molecular flexibility index (Phi) is 1.52. The van der Waals surface area contributed by atoms with E-state index < -0.39 is 0 Å². The summed E-state index contributed by atoms with van der Waals surface area (Å²) in [7, 11) is 0. The fourth-order valence-electron chi connectivity index (χ4n) is 1.15. The van der Waals surface area contributed by atoms with Gasteiger partial charge in [0.15, 0.2) is 0 Å². The number of aromatic nitrogens is 1. The second-order valence-corrected chi connectivity index (χ2v) is 2.47. The fourth-order valence-corrected chi connectivity index (χ4v) is 1.15. The second-order valence-electron chi connectivity index (χ2n) is 2.47. The molecule has 0 aliphatic rings. The van der Waals surface area contributed by atoms with E-state index in [2.05, 4.69) is 11.1 Å². The van der Waals surface area contributed by atoms with E-state index in [1.807, 2.05) is 0 Å². The molecule has 2 heterocycles. The Morgan fingerprint density at radius 3 is 3.33 bits per heavy atom. The third-order valence-corrected chi connectivity index (χ3v) is 1.72. The van der Waals surface area contributed by atoms with Crippen molar-refractivity contribution in [3.8, 4) is 6.07 Å². The van der Waals surface area contributed by atoms with Crippen molar-refractivity contribution in [2.24, 2.45) is 0 Å². The standard InChI is InChI=1S/C9H6N2O/c10-3-1-7-6-12-9-2-4-11-5-8(7)9/h2,4-6H,1H2. The topological polar surface area (TPSA) is 49.8 Å². The van der Waals surface area contributed by atoms with Crippen LogP contribution in [0.15, 0.2) is 29.1 Å². The van der Waals surface area contributed by atoms with Crippen LogP contribution in [-0.2, 0) is 6.42 Å². The number of rotatable bonds is 1. The second kappa shape index (κ2) is 2.67.